The van der Waals surface area contributed by atoms with Crippen molar-refractivity contribution in [2.24, 2.45) is 0 Å². The molecule has 1 nitrogen and oxygen atoms in total. The third-order valence-corrected chi connectivity index (χ3v) is 7.05. The van der Waals surface area contributed by atoms with Crippen molar-refractivity contribution in [1.82, 2.24) is 4.98 Å². The molecular formula is C25H20ClF3NP. The van der Waals surface area contributed by atoms with E-state index in [0.29, 0.717) is 5.69 Å². The zero-order chi connectivity index (χ0) is 22.1. The number of nitrogens with zero attached hydrogens (tertiary/aromatic N) is 1. The smallest absolute Gasteiger partial charge is 0.259 e. The Morgan fingerprint density at radius 3 is 1.35 bits per heavy atom. The molecule has 0 bridgehead atoms. The molecule has 0 unspecified atom stereocenters. The predicted molar refractivity (Wildman–Crippen MR) is 124 cm³/mol. The van der Waals surface area contributed by atoms with Crippen LogP contribution in [0.1, 0.15) is 11.3 Å². The van der Waals surface area contributed by atoms with Crippen molar-refractivity contribution in [2.75, 3.05) is 0 Å². The molecule has 4 rings (SSSR count). The summed E-state index contributed by atoms with van der Waals surface area (Å²) in [5.41, 5.74) is -0.318. The summed E-state index contributed by atoms with van der Waals surface area (Å²) in [7, 11) is -0.446. The van der Waals surface area contributed by atoms with Gasteiger partial charge >= 0.3 is 6.18 Å². The number of rotatable bonds is 4. The minimum Gasteiger partial charge on any atom is -0.259 e. The molecule has 0 saturated heterocycles. The van der Waals surface area contributed by atoms with Crippen molar-refractivity contribution in [2.45, 2.75) is 12.1 Å². The summed E-state index contributed by atoms with van der Waals surface area (Å²) >= 11 is 5.35. The Morgan fingerprint density at radius 1 is 0.645 bits per heavy atom. The summed E-state index contributed by atoms with van der Waals surface area (Å²) in [6.45, 7) is 0. The standard InChI is InChI=1S/C18H15P.C7H5ClF3N/c1-4-10-16(11-5-1)19(17-12-6-2-7-13-17)18-14-8-3-9-15-18;8-3-6-2-1-5(4-12-6)7(9,10)11/h1-15H;1-2,4H,3H2. The normalized spacial score (nSPS) is 11.0. The van der Waals surface area contributed by atoms with Gasteiger partial charge in [0.25, 0.3) is 0 Å². The number of hydrogen-bond acceptors (Lipinski definition) is 1. The fourth-order valence-electron chi connectivity index (χ4n) is 2.85. The largest absolute Gasteiger partial charge is 0.417 e. The lowest BCUT2D eigenvalue weighted by atomic mass is 10.2. The summed E-state index contributed by atoms with van der Waals surface area (Å²) in [5, 5.41) is 4.19. The Labute approximate surface area is 186 Å². The number of hydrogen-bond donors (Lipinski definition) is 0. The van der Waals surface area contributed by atoms with Crippen LogP contribution in [0.5, 0.6) is 0 Å². The first-order chi connectivity index (χ1) is 15.0. The lowest BCUT2D eigenvalue weighted by molar-refractivity contribution is -0.137. The van der Waals surface area contributed by atoms with Gasteiger partial charge in [0, 0.05) is 6.20 Å². The van der Waals surface area contributed by atoms with Gasteiger partial charge in [-0.15, -0.1) is 11.6 Å². The van der Waals surface area contributed by atoms with Crippen LogP contribution in [0.15, 0.2) is 109 Å². The average molecular weight is 458 g/mol. The second kappa shape index (κ2) is 11.1. The summed E-state index contributed by atoms with van der Waals surface area (Å²) in [4.78, 5) is 3.51. The van der Waals surface area contributed by atoms with Crippen molar-refractivity contribution in [3.63, 3.8) is 0 Å². The highest BCUT2D eigenvalue weighted by molar-refractivity contribution is 7.79. The van der Waals surface area contributed by atoms with Gasteiger partial charge in [-0.25, -0.2) is 0 Å². The predicted octanol–water partition coefficient (Wildman–Crippen LogP) is 6.28. The van der Waals surface area contributed by atoms with E-state index < -0.39 is 19.7 Å². The molecule has 0 radical (unpaired) electrons. The van der Waals surface area contributed by atoms with E-state index in [0.717, 1.165) is 12.3 Å². The lowest BCUT2D eigenvalue weighted by Crippen LogP contribution is -2.20. The van der Waals surface area contributed by atoms with Crippen LogP contribution in [0.2, 0.25) is 0 Å². The van der Waals surface area contributed by atoms with Crippen LogP contribution in [-0.2, 0) is 12.1 Å². The van der Waals surface area contributed by atoms with Gasteiger partial charge in [0.05, 0.1) is 17.1 Å². The fourth-order valence-corrected chi connectivity index (χ4v) is 5.31. The first-order valence-electron chi connectivity index (χ1n) is 9.52. The maximum absolute atomic E-state index is 12.0. The van der Waals surface area contributed by atoms with Crippen LogP contribution in [0, 0.1) is 0 Å². The third kappa shape index (κ3) is 6.65. The summed E-state index contributed by atoms with van der Waals surface area (Å²) in [5.74, 6) is 0.123. The van der Waals surface area contributed by atoms with Crippen molar-refractivity contribution >= 4 is 35.4 Å². The van der Waals surface area contributed by atoms with Gasteiger partial charge in [-0.3, -0.25) is 4.98 Å². The van der Waals surface area contributed by atoms with E-state index in [-0.39, 0.29) is 5.88 Å². The van der Waals surface area contributed by atoms with E-state index in [1.807, 2.05) is 0 Å². The van der Waals surface area contributed by atoms with Gasteiger partial charge in [-0.1, -0.05) is 91.0 Å². The third-order valence-electron chi connectivity index (χ3n) is 4.33. The van der Waals surface area contributed by atoms with Gasteiger partial charge in [0.15, 0.2) is 0 Å². The molecule has 0 fully saturated rings. The van der Waals surface area contributed by atoms with Crippen molar-refractivity contribution in [3.8, 4) is 0 Å². The minimum absolute atomic E-state index is 0.123. The maximum atomic E-state index is 12.0. The zero-order valence-electron chi connectivity index (χ0n) is 16.5. The Hall–Kier alpha value is -2.68. The molecule has 0 aliphatic heterocycles. The molecule has 0 saturated carbocycles. The fraction of sp³-hybridized carbons (Fsp3) is 0.0800. The molecule has 0 aliphatic rings. The molecule has 0 amide bonds. The number of aromatic nitrogens is 1. The second-order valence-electron chi connectivity index (χ2n) is 6.51. The van der Waals surface area contributed by atoms with Crippen LogP contribution in [-0.4, -0.2) is 4.98 Å². The highest BCUT2D eigenvalue weighted by Crippen LogP contribution is 2.32. The lowest BCUT2D eigenvalue weighted by Gasteiger charge is -2.18. The number of alkyl halides is 4. The zero-order valence-corrected chi connectivity index (χ0v) is 18.2. The number of halogens is 4. The molecule has 4 aromatic rings. The summed E-state index contributed by atoms with van der Waals surface area (Å²) in [6, 6.07) is 34.5. The molecule has 6 heteroatoms. The van der Waals surface area contributed by atoms with Gasteiger partial charge in [0.1, 0.15) is 0 Å². The summed E-state index contributed by atoms with van der Waals surface area (Å²) < 4.78 is 35.9. The van der Waals surface area contributed by atoms with Gasteiger partial charge in [0.2, 0.25) is 0 Å². The van der Waals surface area contributed by atoms with E-state index in [2.05, 4.69) is 96.0 Å². The SMILES string of the molecule is FC(F)(F)c1ccc(CCl)nc1.c1ccc(P(c2ccccc2)c2ccccc2)cc1. The molecule has 158 valence electrons. The Bertz CT molecular complexity index is 947. The van der Waals surface area contributed by atoms with Crippen LogP contribution >= 0.6 is 19.5 Å². The number of benzene rings is 3. The number of pyridine rings is 1. The summed E-state index contributed by atoms with van der Waals surface area (Å²) in [6.07, 6.45) is -3.55. The minimum atomic E-state index is -4.32. The quantitative estimate of drug-likeness (QED) is 0.259. The van der Waals surface area contributed by atoms with E-state index in [4.69, 9.17) is 11.6 Å². The van der Waals surface area contributed by atoms with E-state index in [9.17, 15) is 13.2 Å². The van der Waals surface area contributed by atoms with E-state index in [1.165, 1.54) is 22.0 Å². The van der Waals surface area contributed by atoms with Gasteiger partial charge < -0.3 is 0 Å². The Morgan fingerprint density at radius 2 is 1.06 bits per heavy atom. The molecule has 3 aromatic carbocycles. The first kappa shape index (κ1) is 23.0. The molecule has 31 heavy (non-hydrogen) atoms. The van der Waals surface area contributed by atoms with Crippen LogP contribution in [0.25, 0.3) is 0 Å². The van der Waals surface area contributed by atoms with Gasteiger partial charge in [-0.05, 0) is 36.0 Å². The highest BCUT2D eigenvalue weighted by atomic mass is 35.5. The van der Waals surface area contributed by atoms with Crippen molar-refractivity contribution in [1.29, 1.82) is 0 Å². The molecule has 1 heterocycles. The molecule has 0 aliphatic carbocycles. The van der Waals surface area contributed by atoms with Crippen LogP contribution in [0.3, 0.4) is 0 Å². The second-order valence-corrected chi connectivity index (χ2v) is 9.00. The van der Waals surface area contributed by atoms with Crippen molar-refractivity contribution in [3.05, 3.63) is 121 Å². The monoisotopic (exact) mass is 457 g/mol. The molecule has 0 atom stereocenters. The molecule has 0 spiro atoms. The van der Waals surface area contributed by atoms with E-state index in [1.54, 1.807) is 0 Å². The molecule has 1 aromatic heterocycles. The molecule has 0 N–H and O–H groups in total. The van der Waals surface area contributed by atoms with Crippen LogP contribution in [0.4, 0.5) is 13.2 Å². The first-order valence-corrected chi connectivity index (χ1v) is 11.4. The van der Waals surface area contributed by atoms with Gasteiger partial charge in [-0.2, -0.15) is 13.2 Å². The topological polar surface area (TPSA) is 12.9 Å². The highest BCUT2D eigenvalue weighted by Gasteiger charge is 2.30. The molecular weight excluding hydrogens is 438 g/mol. The Balaban J connectivity index is 0.000000196. The average Bonchev–Trinajstić information content (AvgIpc) is 2.81. The maximum Gasteiger partial charge on any atom is 0.417 e. The van der Waals surface area contributed by atoms with E-state index >= 15 is 0 Å². The van der Waals surface area contributed by atoms with Crippen molar-refractivity contribution < 1.29 is 13.2 Å². The Kier molecular flexibility index (Phi) is 8.22. The van der Waals surface area contributed by atoms with Crippen LogP contribution < -0.4 is 15.9 Å².